The topological polar surface area (TPSA) is 140 Å². The summed E-state index contributed by atoms with van der Waals surface area (Å²) < 4.78 is 15.7. The van der Waals surface area contributed by atoms with Gasteiger partial charge >= 0.3 is 5.97 Å². The molecule has 43 heavy (non-hydrogen) atoms. The van der Waals surface area contributed by atoms with E-state index >= 15 is 0 Å². The molecule has 1 aliphatic rings. The quantitative estimate of drug-likeness (QED) is 0.232. The van der Waals surface area contributed by atoms with Gasteiger partial charge in [-0.25, -0.2) is 4.79 Å². The maximum atomic E-state index is 13.0. The van der Waals surface area contributed by atoms with E-state index in [0.29, 0.717) is 34.5 Å². The van der Waals surface area contributed by atoms with E-state index in [1.807, 2.05) is 25.1 Å². The third-order valence-electron chi connectivity index (χ3n) is 6.09. The van der Waals surface area contributed by atoms with E-state index in [1.54, 1.807) is 24.3 Å². The van der Waals surface area contributed by atoms with Crippen molar-refractivity contribution in [3.05, 3.63) is 87.3 Å². The van der Waals surface area contributed by atoms with Crippen LogP contribution in [0, 0.1) is 6.92 Å². The number of nitrogens with zero attached hydrogens (tertiary/aromatic N) is 1. The molecule has 0 aromatic heterocycles. The maximum Gasteiger partial charge on any atom is 0.339 e. The molecule has 3 aromatic rings. The molecular weight excluding hydrogens is 598 g/mol. The van der Waals surface area contributed by atoms with Gasteiger partial charge in [-0.3, -0.25) is 24.1 Å². The van der Waals surface area contributed by atoms with Crippen molar-refractivity contribution in [3.63, 3.8) is 0 Å². The molecule has 1 aliphatic heterocycles. The van der Waals surface area contributed by atoms with Crippen LogP contribution in [0.5, 0.6) is 11.5 Å². The largest absolute Gasteiger partial charge is 0.493 e. The number of ether oxygens (including phenoxy) is 3. The Morgan fingerprint density at radius 1 is 0.953 bits per heavy atom. The number of para-hydroxylation sites is 1. The van der Waals surface area contributed by atoms with E-state index in [4.69, 9.17) is 21.1 Å². The number of anilines is 2. The highest BCUT2D eigenvalue weighted by atomic mass is 35.5. The number of carbonyl (C=O) groups excluding carboxylic acids is 5. The lowest BCUT2D eigenvalue weighted by atomic mass is 10.2. The Balaban J connectivity index is 1.39. The molecule has 0 atom stereocenters. The lowest BCUT2D eigenvalue weighted by molar-refractivity contribution is -0.127. The van der Waals surface area contributed by atoms with Crippen LogP contribution in [-0.2, 0) is 19.1 Å². The first-order valence-electron chi connectivity index (χ1n) is 12.7. The first-order chi connectivity index (χ1) is 20.6. The first-order valence-corrected chi connectivity index (χ1v) is 13.9. The zero-order valence-corrected chi connectivity index (χ0v) is 24.8. The van der Waals surface area contributed by atoms with Gasteiger partial charge in [-0.05, 0) is 72.3 Å². The Bertz CT molecular complexity index is 1640. The predicted molar refractivity (Wildman–Crippen MR) is 162 cm³/mol. The summed E-state index contributed by atoms with van der Waals surface area (Å²) in [7, 11) is 2.63. The molecule has 4 amide bonds. The summed E-state index contributed by atoms with van der Waals surface area (Å²) >= 11 is 6.69. The molecular formula is C30H26ClN3O8S. The Kier molecular flexibility index (Phi) is 10.1. The number of hydrogen-bond donors (Lipinski definition) is 2. The molecule has 1 saturated heterocycles. The van der Waals surface area contributed by atoms with Gasteiger partial charge in [-0.1, -0.05) is 35.9 Å². The normalized spacial score (nSPS) is 13.6. The average molecular weight is 624 g/mol. The monoisotopic (exact) mass is 623 g/mol. The van der Waals surface area contributed by atoms with Crippen molar-refractivity contribution < 1.29 is 38.2 Å². The second-order valence-electron chi connectivity index (χ2n) is 9.06. The van der Waals surface area contributed by atoms with Crippen molar-refractivity contribution in [1.29, 1.82) is 0 Å². The summed E-state index contributed by atoms with van der Waals surface area (Å²) in [5, 5.41) is 4.84. The highest BCUT2D eigenvalue weighted by Gasteiger charge is 2.36. The molecule has 4 rings (SSSR count). The zero-order valence-electron chi connectivity index (χ0n) is 23.3. The van der Waals surface area contributed by atoms with E-state index in [0.717, 1.165) is 10.5 Å². The number of rotatable bonds is 10. The molecule has 0 bridgehead atoms. The minimum absolute atomic E-state index is 0.0495. The Hall–Kier alpha value is -4.81. The van der Waals surface area contributed by atoms with Gasteiger partial charge in [-0.15, -0.1) is 0 Å². The standard InChI is InChI=1S/C30H26ClN3O8S/c1-17-6-4-5-7-22(17)33-27(36)16-42-23-11-8-18(12-24(23)40-2)13-25-28(37)34(30(39)43-25)15-26(35)32-19-9-10-21(31)20(14-19)29(38)41-3/h4-14H,15-16H2,1-3H3,(H,32,35)(H,33,36)/b25-13-. The van der Waals surface area contributed by atoms with Crippen LogP contribution >= 0.6 is 23.4 Å². The van der Waals surface area contributed by atoms with Crippen molar-refractivity contribution in [2.45, 2.75) is 6.92 Å². The average Bonchev–Trinajstić information content (AvgIpc) is 3.25. The number of imide groups is 1. The molecule has 0 aliphatic carbocycles. The number of hydrogen-bond acceptors (Lipinski definition) is 9. The summed E-state index contributed by atoms with van der Waals surface area (Å²) in [6.45, 7) is 1.08. The minimum Gasteiger partial charge on any atom is -0.493 e. The van der Waals surface area contributed by atoms with Gasteiger partial charge in [0.1, 0.15) is 6.54 Å². The number of methoxy groups -OCH3 is 2. The number of thioether (sulfide) groups is 1. The Labute approximate surface area is 256 Å². The molecule has 2 N–H and O–H groups in total. The number of nitrogens with one attached hydrogen (secondary N) is 2. The lowest BCUT2D eigenvalue weighted by Gasteiger charge is -2.13. The van der Waals surface area contributed by atoms with Crippen LogP contribution in [0.3, 0.4) is 0 Å². The molecule has 11 nitrogen and oxygen atoms in total. The van der Waals surface area contributed by atoms with Gasteiger partial charge in [-0.2, -0.15) is 0 Å². The predicted octanol–water partition coefficient (Wildman–Crippen LogP) is 5.14. The van der Waals surface area contributed by atoms with Crippen LogP contribution in [0.4, 0.5) is 16.2 Å². The summed E-state index contributed by atoms with van der Waals surface area (Å²) in [4.78, 5) is 63.3. The van der Waals surface area contributed by atoms with Gasteiger partial charge in [0, 0.05) is 11.4 Å². The number of amides is 4. The molecule has 0 saturated carbocycles. The maximum absolute atomic E-state index is 13.0. The molecule has 0 unspecified atom stereocenters. The number of halogens is 1. The number of esters is 1. The Morgan fingerprint density at radius 2 is 1.72 bits per heavy atom. The highest BCUT2D eigenvalue weighted by Crippen LogP contribution is 2.34. The van der Waals surface area contributed by atoms with Crippen LogP contribution in [-0.4, -0.2) is 61.2 Å². The summed E-state index contributed by atoms with van der Waals surface area (Å²) in [6, 6.07) is 16.4. The fourth-order valence-electron chi connectivity index (χ4n) is 3.94. The summed E-state index contributed by atoms with van der Waals surface area (Å²) in [6.07, 6.45) is 1.49. The number of carbonyl (C=O) groups is 5. The first kappa shape index (κ1) is 31.1. The lowest BCUT2D eigenvalue weighted by Crippen LogP contribution is -2.36. The minimum atomic E-state index is -0.683. The number of aryl methyl sites for hydroxylation is 1. The van der Waals surface area contributed by atoms with Gasteiger partial charge in [0.25, 0.3) is 17.1 Å². The second-order valence-corrected chi connectivity index (χ2v) is 10.5. The van der Waals surface area contributed by atoms with Crippen molar-refractivity contribution in [1.82, 2.24) is 4.90 Å². The summed E-state index contributed by atoms with van der Waals surface area (Å²) in [5.74, 6) is -1.72. The second kappa shape index (κ2) is 13.9. The van der Waals surface area contributed by atoms with Crippen molar-refractivity contribution in [2.24, 2.45) is 0 Å². The molecule has 222 valence electrons. The van der Waals surface area contributed by atoms with Crippen molar-refractivity contribution in [2.75, 3.05) is 38.0 Å². The van der Waals surface area contributed by atoms with Crippen molar-refractivity contribution >= 4 is 69.7 Å². The van der Waals surface area contributed by atoms with E-state index in [2.05, 4.69) is 15.4 Å². The SMILES string of the molecule is COC(=O)c1cc(NC(=O)CN2C(=O)S/C(=C\c3ccc(OCC(=O)Nc4ccccc4C)c(OC)c3)C2=O)ccc1Cl. The van der Waals surface area contributed by atoms with Crippen LogP contribution in [0.15, 0.2) is 65.6 Å². The number of benzene rings is 3. The van der Waals surface area contributed by atoms with Gasteiger partial charge in [0.2, 0.25) is 5.91 Å². The van der Waals surface area contributed by atoms with E-state index in [9.17, 15) is 24.0 Å². The fraction of sp³-hybridized carbons (Fsp3) is 0.167. The van der Waals surface area contributed by atoms with Gasteiger partial charge in [0.05, 0.1) is 29.7 Å². The van der Waals surface area contributed by atoms with Gasteiger partial charge < -0.3 is 24.8 Å². The molecule has 1 heterocycles. The molecule has 1 fully saturated rings. The third-order valence-corrected chi connectivity index (χ3v) is 7.33. The van der Waals surface area contributed by atoms with Crippen LogP contribution in [0.1, 0.15) is 21.5 Å². The van der Waals surface area contributed by atoms with Crippen LogP contribution in [0.25, 0.3) is 6.08 Å². The highest BCUT2D eigenvalue weighted by molar-refractivity contribution is 8.18. The smallest absolute Gasteiger partial charge is 0.339 e. The van der Waals surface area contributed by atoms with Crippen molar-refractivity contribution in [3.8, 4) is 11.5 Å². The third kappa shape index (κ3) is 7.73. The van der Waals surface area contributed by atoms with E-state index < -0.39 is 29.6 Å². The molecule has 13 heteroatoms. The molecule has 3 aromatic carbocycles. The zero-order chi connectivity index (χ0) is 31.1. The van der Waals surface area contributed by atoms with E-state index in [-0.39, 0.29) is 33.7 Å². The van der Waals surface area contributed by atoms with Crippen LogP contribution in [0.2, 0.25) is 5.02 Å². The molecule has 0 spiro atoms. The summed E-state index contributed by atoms with van der Waals surface area (Å²) in [5.41, 5.74) is 2.41. The molecule has 0 radical (unpaired) electrons. The van der Waals surface area contributed by atoms with Gasteiger partial charge in [0.15, 0.2) is 18.1 Å². The fourth-order valence-corrected chi connectivity index (χ4v) is 4.97. The van der Waals surface area contributed by atoms with Crippen LogP contribution < -0.4 is 20.1 Å². The Morgan fingerprint density at radius 3 is 2.44 bits per heavy atom. The van der Waals surface area contributed by atoms with E-state index in [1.165, 1.54) is 38.5 Å².